The third kappa shape index (κ3) is 3.73. The zero-order chi connectivity index (χ0) is 20.5. The summed E-state index contributed by atoms with van der Waals surface area (Å²) in [5.41, 5.74) is 3.01. The van der Waals surface area contributed by atoms with Gasteiger partial charge in [-0.15, -0.1) is 0 Å². The number of rotatable bonds is 5. The first-order chi connectivity index (χ1) is 14.7. The number of piperidine rings is 1. The van der Waals surface area contributed by atoms with E-state index in [-0.39, 0.29) is 12.0 Å². The highest BCUT2D eigenvalue weighted by molar-refractivity contribution is 7.20. The number of fused-ring (bicyclic) bond motifs is 2. The number of para-hydroxylation sites is 1. The fourth-order valence-corrected chi connectivity index (χ4v) is 4.84. The minimum atomic E-state index is 0.0876. The van der Waals surface area contributed by atoms with E-state index in [1.165, 1.54) is 0 Å². The number of ether oxygens (including phenoxy) is 2. The Bertz CT molecular complexity index is 1190. The number of nitrogens with one attached hydrogen (secondary N) is 1. The summed E-state index contributed by atoms with van der Waals surface area (Å²) in [6, 6.07) is 14.0. The van der Waals surface area contributed by atoms with Gasteiger partial charge in [0.2, 0.25) is 5.91 Å². The number of hydrogen-bond acceptors (Lipinski definition) is 5. The number of nitrogens with zero attached hydrogens (tertiary/aromatic N) is 2. The number of amides is 1. The number of thiazole rings is 1. The number of aromatic amines is 1. The first-order valence-electron chi connectivity index (χ1n) is 10.1. The summed E-state index contributed by atoms with van der Waals surface area (Å²) in [5, 5.41) is 1.80. The maximum atomic E-state index is 12.8. The highest BCUT2D eigenvalue weighted by Crippen LogP contribution is 2.32. The summed E-state index contributed by atoms with van der Waals surface area (Å²) < 4.78 is 12.5. The molecule has 0 atom stereocenters. The smallest absolute Gasteiger partial charge is 0.274 e. The second-order valence-electron chi connectivity index (χ2n) is 7.55. The van der Waals surface area contributed by atoms with Crippen LogP contribution in [0.4, 0.5) is 0 Å². The van der Waals surface area contributed by atoms with Crippen molar-refractivity contribution in [1.29, 1.82) is 0 Å². The van der Waals surface area contributed by atoms with Crippen molar-refractivity contribution in [2.45, 2.75) is 25.4 Å². The Morgan fingerprint density at radius 2 is 2.07 bits per heavy atom. The van der Waals surface area contributed by atoms with Crippen molar-refractivity contribution in [1.82, 2.24) is 14.9 Å². The van der Waals surface area contributed by atoms with Crippen molar-refractivity contribution < 1.29 is 14.3 Å². The fourth-order valence-electron chi connectivity index (χ4n) is 3.98. The van der Waals surface area contributed by atoms with Gasteiger partial charge in [0.1, 0.15) is 11.9 Å². The van der Waals surface area contributed by atoms with Gasteiger partial charge < -0.3 is 19.4 Å². The molecule has 0 saturated carbocycles. The molecule has 1 N–H and O–H groups in total. The lowest BCUT2D eigenvalue weighted by Crippen LogP contribution is -2.42. The molecule has 1 aliphatic heterocycles. The molecule has 1 amide bonds. The van der Waals surface area contributed by atoms with E-state index < -0.39 is 0 Å². The van der Waals surface area contributed by atoms with Gasteiger partial charge in [-0.2, -0.15) is 0 Å². The number of benzene rings is 2. The van der Waals surface area contributed by atoms with E-state index >= 15 is 0 Å². The predicted molar refractivity (Wildman–Crippen MR) is 118 cm³/mol. The molecule has 0 unspecified atom stereocenters. The van der Waals surface area contributed by atoms with Crippen molar-refractivity contribution in [2.75, 3.05) is 20.2 Å². The minimum Gasteiger partial charge on any atom is -0.497 e. The van der Waals surface area contributed by atoms with Gasteiger partial charge in [-0.3, -0.25) is 4.79 Å². The molecular formula is C23H23N3O3S. The van der Waals surface area contributed by atoms with E-state index in [0.717, 1.165) is 45.3 Å². The fraction of sp³-hybridized carbons (Fsp3) is 0.304. The van der Waals surface area contributed by atoms with Gasteiger partial charge in [-0.05, 0) is 23.8 Å². The molecule has 1 fully saturated rings. The van der Waals surface area contributed by atoms with E-state index in [9.17, 15) is 4.79 Å². The van der Waals surface area contributed by atoms with Crippen LogP contribution in [0.5, 0.6) is 10.9 Å². The Morgan fingerprint density at radius 3 is 2.90 bits per heavy atom. The Morgan fingerprint density at radius 1 is 1.23 bits per heavy atom. The lowest BCUT2D eigenvalue weighted by molar-refractivity contribution is -0.132. The molecule has 2 aromatic heterocycles. The van der Waals surface area contributed by atoms with E-state index in [1.54, 1.807) is 18.4 Å². The number of likely N-dealkylation sites (tertiary alicyclic amines) is 1. The largest absolute Gasteiger partial charge is 0.497 e. The van der Waals surface area contributed by atoms with Gasteiger partial charge >= 0.3 is 0 Å². The molecule has 1 saturated heterocycles. The van der Waals surface area contributed by atoms with E-state index in [0.29, 0.717) is 24.7 Å². The highest BCUT2D eigenvalue weighted by atomic mass is 32.1. The molecule has 0 bridgehead atoms. The van der Waals surface area contributed by atoms with Crippen LogP contribution in [0.3, 0.4) is 0 Å². The summed E-state index contributed by atoms with van der Waals surface area (Å²) >= 11 is 1.55. The molecule has 154 valence electrons. The van der Waals surface area contributed by atoms with E-state index in [4.69, 9.17) is 9.47 Å². The number of hydrogen-bond donors (Lipinski definition) is 1. The Balaban J connectivity index is 1.18. The van der Waals surface area contributed by atoms with Gasteiger partial charge in [-0.25, -0.2) is 4.98 Å². The second kappa shape index (κ2) is 7.99. The van der Waals surface area contributed by atoms with Crippen LogP contribution in [0.15, 0.2) is 48.7 Å². The second-order valence-corrected chi connectivity index (χ2v) is 8.54. The van der Waals surface area contributed by atoms with Crippen molar-refractivity contribution in [3.63, 3.8) is 0 Å². The van der Waals surface area contributed by atoms with Crippen molar-refractivity contribution in [2.24, 2.45) is 0 Å². The van der Waals surface area contributed by atoms with Gasteiger partial charge in [0.25, 0.3) is 5.19 Å². The third-order valence-corrected chi connectivity index (χ3v) is 6.58. The molecule has 1 aliphatic rings. The zero-order valence-electron chi connectivity index (χ0n) is 16.8. The molecule has 2 aromatic carbocycles. The molecule has 7 heteroatoms. The van der Waals surface area contributed by atoms with Gasteiger partial charge in [-0.1, -0.05) is 29.5 Å². The van der Waals surface area contributed by atoms with Gasteiger partial charge in [0, 0.05) is 49.1 Å². The number of carbonyl (C=O) groups excluding carboxylic acids is 1. The molecule has 0 radical (unpaired) electrons. The van der Waals surface area contributed by atoms with Crippen LogP contribution < -0.4 is 9.47 Å². The summed E-state index contributed by atoms with van der Waals surface area (Å²) in [4.78, 5) is 22.6. The van der Waals surface area contributed by atoms with E-state index in [1.807, 2.05) is 47.5 Å². The average Bonchev–Trinajstić information content (AvgIpc) is 3.37. The number of H-pyrrole nitrogens is 1. The van der Waals surface area contributed by atoms with Crippen LogP contribution in [-0.4, -0.2) is 47.1 Å². The third-order valence-electron chi connectivity index (χ3n) is 5.65. The summed E-state index contributed by atoms with van der Waals surface area (Å²) in [5.74, 6) is 0.964. The van der Waals surface area contributed by atoms with Crippen LogP contribution in [0.2, 0.25) is 0 Å². The molecule has 4 aromatic rings. The van der Waals surface area contributed by atoms with Crippen LogP contribution >= 0.6 is 11.3 Å². The van der Waals surface area contributed by atoms with E-state index in [2.05, 4.69) is 16.0 Å². The summed E-state index contributed by atoms with van der Waals surface area (Å²) in [6.07, 6.45) is 4.10. The quantitative estimate of drug-likeness (QED) is 0.519. The van der Waals surface area contributed by atoms with Crippen LogP contribution in [-0.2, 0) is 11.2 Å². The summed E-state index contributed by atoms with van der Waals surface area (Å²) in [7, 11) is 1.65. The molecule has 6 nitrogen and oxygen atoms in total. The van der Waals surface area contributed by atoms with Crippen molar-refractivity contribution >= 4 is 38.4 Å². The number of aromatic nitrogens is 2. The number of carbonyl (C=O) groups is 1. The Hall–Kier alpha value is -3.06. The molecule has 30 heavy (non-hydrogen) atoms. The average molecular weight is 422 g/mol. The molecule has 0 aliphatic carbocycles. The summed E-state index contributed by atoms with van der Waals surface area (Å²) in [6.45, 7) is 1.43. The standard InChI is InChI=1S/C23H23N3O3S/c1-28-17-6-7-21-20(13-17)25-23(30-21)29-16-8-10-26(11-9-16)22(27)12-15-14-24-19-5-3-2-4-18(15)19/h2-7,13-14,16,24H,8-12H2,1H3. The first-order valence-corrected chi connectivity index (χ1v) is 11.0. The van der Waals surface area contributed by atoms with Crippen LogP contribution in [0.25, 0.3) is 21.1 Å². The lowest BCUT2D eigenvalue weighted by atomic mass is 10.1. The molecule has 5 rings (SSSR count). The maximum Gasteiger partial charge on any atom is 0.274 e. The maximum absolute atomic E-state index is 12.8. The van der Waals surface area contributed by atoms with Crippen molar-refractivity contribution in [3.05, 3.63) is 54.2 Å². The number of methoxy groups -OCH3 is 1. The van der Waals surface area contributed by atoms with Gasteiger partial charge in [0.15, 0.2) is 0 Å². The highest BCUT2D eigenvalue weighted by Gasteiger charge is 2.25. The van der Waals surface area contributed by atoms with Crippen LogP contribution in [0, 0.1) is 0 Å². The molecular weight excluding hydrogens is 398 g/mol. The topological polar surface area (TPSA) is 67.5 Å². The van der Waals surface area contributed by atoms with Crippen molar-refractivity contribution in [3.8, 4) is 10.9 Å². The first kappa shape index (κ1) is 18.9. The Kier molecular flexibility index (Phi) is 5.04. The normalized spacial score (nSPS) is 15.0. The monoisotopic (exact) mass is 421 g/mol. The minimum absolute atomic E-state index is 0.0876. The van der Waals surface area contributed by atoms with Crippen LogP contribution in [0.1, 0.15) is 18.4 Å². The molecule has 3 heterocycles. The SMILES string of the molecule is COc1ccc2sc(OC3CCN(C(=O)Cc4c[nH]c5ccccc45)CC3)nc2c1. The zero-order valence-corrected chi connectivity index (χ0v) is 17.6. The predicted octanol–water partition coefficient (Wildman–Crippen LogP) is 4.40. The Labute approximate surface area is 178 Å². The molecule has 0 spiro atoms. The lowest BCUT2D eigenvalue weighted by Gasteiger charge is -2.31. The van der Waals surface area contributed by atoms with Gasteiger partial charge in [0.05, 0.1) is 23.7 Å².